The summed E-state index contributed by atoms with van der Waals surface area (Å²) in [6.45, 7) is 3.76. The highest BCUT2D eigenvalue weighted by atomic mass is 32.1. The lowest BCUT2D eigenvalue weighted by Crippen LogP contribution is -2.24. The molecule has 0 spiro atoms. The van der Waals surface area contributed by atoms with Gasteiger partial charge in [-0.15, -0.1) is 11.3 Å². The van der Waals surface area contributed by atoms with Gasteiger partial charge in [-0.25, -0.2) is 0 Å². The van der Waals surface area contributed by atoms with Crippen molar-refractivity contribution >= 4 is 34.5 Å². The molecule has 0 bridgehead atoms. The van der Waals surface area contributed by atoms with E-state index in [0.717, 1.165) is 17.8 Å². The van der Waals surface area contributed by atoms with E-state index in [4.69, 9.17) is 10.5 Å². The molecule has 2 amide bonds. The number of ether oxygens (including phenoxy) is 1. The minimum atomic E-state index is -0.284. The van der Waals surface area contributed by atoms with Gasteiger partial charge in [0.2, 0.25) is 0 Å². The molecule has 0 saturated carbocycles. The molecule has 128 valence electrons. The number of thiophene rings is 1. The summed E-state index contributed by atoms with van der Waals surface area (Å²) in [5, 5.41) is 5.55. The molecular weight excluding hydrogens is 326 g/mol. The van der Waals surface area contributed by atoms with Crippen LogP contribution in [0.1, 0.15) is 32.7 Å². The SMILES string of the molecule is CCOCCCNC(=O)c1ccc(C(=O)Nc2ccccc2N)s1. The zero-order valence-corrected chi connectivity index (χ0v) is 14.3. The Labute approximate surface area is 145 Å². The smallest absolute Gasteiger partial charge is 0.265 e. The van der Waals surface area contributed by atoms with E-state index in [1.165, 1.54) is 0 Å². The summed E-state index contributed by atoms with van der Waals surface area (Å²) in [5.74, 6) is -0.469. The van der Waals surface area contributed by atoms with Gasteiger partial charge in [0.25, 0.3) is 11.8 Å². The van der Waals surface area contributed by atoms with Crippen LogP contribution in [-0.2, 0) is 4.74 Å². The van der Waals surface area contributed by atoms with Crippen LogP contribution in [0.2, 0.25) is 0 Å². The topological polar surface area (TPSA) is 93.4 Å². The molecule has 4 N–H and O–H groups in total. The third-order valence-corrected chi connectivity index (χ3v) is 4.30. The molecule has 6 nitrogen and oxygen atoms in total. The Kier molecular flexibility index (Phi) is 6.77. The first-order valence-electron chi connectivity index (χ1n) is 7.73. The number of anilines is 2. The van der Waals surface area contributed by atoms with Crippen LogP contribution in [0.5, 0.6) is 0 Å². The van der Waals surface area contributed by atoms with E-state index in [9.17, 15) is 9.59 Å². The second kappa shape index (κ2) is 9.05. The molecule has 2 rings (SSSR count). The molecule has 2 aromatic rings. The highest BCUT2D eigenvalue weighted by molar-refractivity contribution is 7.16. The Morgan fingerprint density at radius 3 is 2.54 bits per heavy atom. The molecule has 0 aliphatic carbocycles. The predicted molar refractivity (Wildman–Crippen MR) is 96.6 cm³/mol. The van der Waals surface area contributed by atoms with Gasteiger partial charge in [-0.3, -0.25) is 9.59 Å². The Bertz CT molecular complexity index is 700. The van der Waals surface area contributed by atoms with Crippen LogP contribution >= 0.6 is 11.3 Å². The lowest BCUT2D eigenvalue weighted by atomic mass is 10.2. The van der Waals surface area contributed by atoms with E-state index in [1.54, 1.807) is 36.4 Å². The maximum atomic E-state index is 12.2. The van der Waals surface area contributed by atoms with Crippen LogP contribution in [0.25, 0.3) is 0 Å². The number of hydrogen-bond donors (Lipinski definition) is 3. The van der Waals surface area contributed by atoms with Gasteiger partial charge in [-0.2, -0.15) is 0 Å². The average molecular weight is 347 g/mol. The van der Waals surface area contributed by atoms with Crippen molar-refractivity contribution in [3.05, 3.63) is 46.2 Å². The molecule has 1 heterocycles. The predicted octanol–water partition coefficient (Wildman–Crippen LogP) is 2.74. The van der Waals surface area contributed by atoms with E-state index in [0.29, 0.717) is 40.9 Å². The summed E-state index contributed by atoms with van der Waals surface area (Å²) < 4.78 is 5.21. The maximum Gasteiger partial charge on any atom is 0.265 e. The largest absolute Gasteiger partial charge is 0.397 e. The Balaban J connectivity index is 1.89. The van der Waals surface area contributed by atoms with Crippen LogP contribution in [0.3, 0.4) is 0 Å². The molecule has 0 atom stereocenters. The number of nitrogens with two attached hydrogens (primary N) is 1. The second-order valence-corrected chi connectivity index (χ2v) is 6.10. The van der Waals surface area contributed by atoms with E-state index in [-0.39, 0.29) is 11.8 Å². The molecule has 0 aliphatic rings. The standard InChI is InChI=1S/C17H21N3O3S/c1-2-23-11-5-10-19-16(21)14-8-9-15(24-14)17(22)20-13-7-4-3-6-12(13)18/h3-4,6-9H,2,5,10-11,18H2,1H3,(H,19,21)(H,20,22). The lowest BCUT2D eigenvalue weighted by molar-refractivity contribution is 0.0947. The summed E-state index contributed by atoms with van der Waals surface area (Å²) in [5.41, 5.74) is 6.85. The summed E-state index contributed by atoms with van der Waals surface area (Å²) in [4.78, 5) is 25.2. The zero-order valence-electron chi connectivity index (χ0n) is 13.5. The van der Waals surface area contributed by atoms with E-state index < -0.39 is 0 Å². The number of amides is 2. The van der Waals surface area contributed by atoms with E-state index >= 15 is 0 Å². The molecule has 7 heteroatoms. The van der Waals surface area contributed by atoms with Gasteiger partial charge in [0.15, 0.2) is 0 Å². The fourth-order valence-corrected chi connectivity index (χ4v) is 2.80. The van der Waals surface area contributed by atoms with Crippen molar-refractivity contribution in [3.63, 3.8) is 0 Å². The third-order valence-electron chi connectivity index (χ3n) is 3.22. The molecule has 0 unspecified atom stereocenters. The first kappa shape index (κ1) is 18.0. The van der Waals surface area contributed by atoms with Crippen LogP contribution in [0.4, 0.5) is 11.4 Å². The van der Waals surface area contributed by atoms with Gasteiger partial charge in [-0.1, -0.05) is 12.1 Å². The molecule has 24 heavy (non-hydrogen) atoms. The third kappa shape index (κ3) is 5.07. The summed E-state index contributed by atoms with van der Waals surface area (Å²) >= 11 is 1.15. The number of para-hydroxylation sites is 2. The lowest BCUT2D eigenvalue weighted by Gasteiger charge is -2.06. The molecule has 1 aromatic heterocycles. The van der Waals surface area contributed by atoms with E-state index in [2.05, 4.69) is 10.6 Å². The van der Waals surface area contributed by atoms with Crippen LogP contribution in [-0.4, -0.2) is 31.6 Å². The van der Waals surface area contributed by atoms with E-state index in [1.807, 2.05) is 6.92 Å². The fraction of sp³-hybridized carbons (Fsp3) is 0.294. The van der Waals surface area contributed by atoms with Crippen molar-refractivity contribution in [1.29, 1.82) is 0 Å². The van der Waals surface area contributed by atoms with Crippen molar-refractivity contribution in [3.8, 4) is 0 Å². The van der Waals surface area contributed by atoms with Crippen molar-refractivity contribution in [1.82, 2.24) is 5.32 Å². The number of rotatable bonds is 8. The number of nitrogen functional groups attached to an aromatic ring is 1. The Morgan fingerprint density at radius 2 is 1.83 bits per heavy atom. The second-order valence-electron chi connectivity index (χ2n) is 5.01. The van der Waals surface area contributed by atoms with Gasteiger partial charge >= 0.3 is 0 Å². The molecular formula is C17H21N3O3S. The summed E-state index contributed by atoms with van der Waals surface area (Å²) in [7, 11) is 0. The minimum Gasteiger partial charge on any atom is -0.397 e. The zero-order chi connectivity index (χ0) is 17.4. The summed E-state index contributed by atoms with van der Waals surface area (Å²) in [6, 6.07) is 10.3. The highest BCUT2D eigenvalue weighted by Gasteiger charge is 2.14. The van der Waals surface area contributed by atoms with Gasteiger partial charge in [0, 0.05) is 19.8 Å². The fourth-order valence-electron chi connectivity index (χ4n) is 1.98. The quantitative estimate of drug-likeness (QED) is 0.505. The molecule has 0 fully saturated rings. The van der Waals surface area contributed by atoms with Crippen molar-refractivity contribution in [2.45, 2.75) is 13.3 Å². The maximum absolute atomic E-state index is 12.2. The molecule has 0 radical (unpaired) electrons. The first-order valence-corrected chi connectivity index (χ1v) is 8.55. The minimum absolute atomic E-state index is 0.185. The van der Waals surface area contributed by atoms with Crippen molar-refractivity contribution in [2.24, 2.45) is 0 Å². The van der Waals surface area contributed by atoms with Crippen molar-refractivity contribution < 1.29 is 14.3 Å². The van der Waals surface area contributed by atoms with Gasteiger partial charge in [-0.05, 0) is 37.6 Å². The normalized spacial score (nSPS) is 10.4. The van der Waals surface area contributed by atoms with Crippen LogP contribution < -0.4 is 16.4 Å². The summed E-state index contributed by atoms with van der Waals surface area (Å²) in [6.07, 6.45) is 0.756. The highest BCUT2D eigenvalue weighted by Crippen LogP contribution is 2.21. The number of nitrogens with one attached hydrogen (secondary N) is 2. The average Bonchev–Trinajstić information content (AvgIpc) is 3.07. The first-order chi connectivity index (χ1) is 11.6. The Hall–Kier alpha value is -2.38. The molecule has 0 saturated heterocycles. The monoisotopic (exact) mass is 347 g/mol. The molecule has 1 aromatic carbocycles. The van der Waals surface area contributed by atoms with Crippen LogP contribution in [0.15, 0.2) is 36.4 Å². The molecule has 0 aliphatic heterocycles. The number of hydrogen-bond acceptors (Lipinski definition) is 5. The Morgan fingerprint density at radius 1 is 1.12 bits per heavy atom. The van der Waals surface area contributed by atoms with Gasteiger partial charge in [0.05, 0.1) is 21.1 Å². The van der Waals surface area contributed by atoms with Gasteiger partial charge in [0.1, 0.15) is 0 Å². The number of benzene rings is 1. The van der Waals surface area contributed by atoms with Gasteiger partial charge < -0.3 is 21.1 Å². The number of carbonyl (C=O) groups is 2. The number of carbonyl (C=O) groups excluding carboxylic acids is 2. The van der Waals surface area contributed by atoms with Crippen molar-refractivity contribution in [2.75, 3.05) is 30.8 Å². The van der Waals surface area contributed by atoms with Crippen LogP contribution in [0, 0.1) is 0 Å².